The number of hydrogen-bond acceptors (Lipinski definition) is 6. The molecule has 6 nitrogen and oxygen atoms in total. The lowest BCUT2D eigenvalue weighted by Crippen LogP contribution is -2.20. The maximum absolute atomic E-state index is 12.4. The molecule has 0 spiro atoms. The number of phenolic OH excluding ortho intramolecular Hbond substituents is 1. The Hall–Kier alpha value is -2.89. The monoisotopic (exact) mass is 369 g/mol. The molecule has 0 aromatic heterocycles. The van der Waals surface area contributed by atoms with E-state index >= 15 is 0 Å². The van der Waals surface area contributed by atoms with Crippen molar-refractivity contribution in [2.24, 2.45) is 0 Å². The summed E-state index contributed by atoms with van der Waals surface area (Å²) >= 11 is 0. The Morgan fingerprint density at radius 1 is 1.15 bits per heavy atom. The van der Waals surface area contributed by atoms with E-state index in [1.165, 1.54) is 7.11 Å². The minimum Gasteiger partial charge on any atom is -0.506 e. The van der Waals surface area contributed by atoms with Gasteiger partial charge in [-0.25, -0.2) is 4.79 Å². The first kappa shape index (κ1) is 17.5. The summed E-state index contributed by atoms with van der Waals surface area (Å²) in [4.78, 5) is 14.6. The van der Waals surface area contributed by atoms with Crippen LogP contribution in [0.2, 0.25) is 0 Å². The van der Waals surface area contributed by atoms with Crippen molar-refractivity contribution in [2.45, 2.75) is 25.4 Å². The van der Waals surface area contributed by atoms with Gasteiger partial charge in [-0.2, -0.15) is 0 Å². The van der Waals surface area contributed by atoms with E-state index in [1.807, 2.05) is 18.2 Å². The van der Waals surface area contributed by atoms with Crippen molar-refractivity contribution in [3.63, 3.8) is 0 Å². The van der Waals surface area contributed by atoms with Gasteiger partial charge >= 0.3 is 5.97 Å². The summed E-state index contributed by atoms with van der Waals surface area (Å²) in [5.74, 6) is 0.976. The Kier molecular flexibility index (Phi) is 4.56. The summed E-state index contributed by atoms with van der Waals surface area (Å²) in [6.07, 6.45) is 2.31. The third-order valence-electron chi connectivity index (χ3n) is 5.30. The number of fused-ring (bicyclic) bond motifs is 1. The molecule has 0 radical (unpaired) electrons. The van der Waals surface area contributed by atoms with Crippen molar-refractivity contribution in [1.82, 2.24) is 0 Å². The molecular formula is C21H23NO5. The first-order valence-corrected chi connectivity index (χ1v) is 9.15. The van der Waals surface area contributed by atoms with Crippen molar-refractivity contribution < 1.29 is 24.1 Å². The molecule has 0 amide bonds. The number of rotatable bonds is 5. The molecule has 142 valence electrons. The standard InChI is InChI=1S/C21H23NO5/c1-25-18-11-14-15(12-19(18)26-2)21(24)27-17(14)10-13-6-5-7-16(23)20(13)22-8-3-4-9-22/h5-7,11-12,17,23H,3-4,8-10H2,1-2H3. The van der Waals surface area contributed by atoms with E-state index in [1.54, 1.807) is 19.2 Å². The lowest BCUT2D eigenvalue weighted by Gasteiger charge is -2.24. The normalized spacial score (nSPS) is 18.4. The highest BCUT2D eigenvalue weighted by Gasteiger charge is 2.34. The van der Waals surface area contributed by atoms with E-state index in [0.717, 1.165) is 42.7 Å². The van der Waals surface area contributed by atoms with Gasteiger partial charge in [0.1, 0.15) is 11.9 Å². The Balaban J connectivity index is 1.70. The summed E-state index contributed by atoms with van der Waals surface area (Å²) in [6, 6.07) is 9.00. The number of cyclic esters (lactones) is 1. The Labute approximate surface area is 158 Å². The Bertz CT molecular complexity index is 873. The van der Waals surface area contributed by atoms with E-state index in [2.05, 4.69) is 4.90 Å². The van der Waals surface area contributed by atoms with Crippen LogP contribution in [0.25, 0.3) is 0 Å². The fourth-order valence-corrected chi connectivity index (χ4v) is 3.99. The number of benzene rings is 2. The maximum Gasteiger partial charge on any atom is 0.339 e. The largest absolute Gasteiger partial charge is 0.506 e. The lowest BCUT2D eigenvalue weighted by atomic mass is 9.97. The predicted octanol–water partition coefficient (Wildman–Crippen LogP) is 3.46. The van der Waals surface area contributed by atoms with Crippen molar-refractivity contribution in [1.29, 1.82) is 0 Å². The Morgan fingerprint density at radius 2 is 1.85 bits per heavy atom. The van der Waals surface area contributed by atoms with Crippen molar-refractivity contribution in [3.8, 4) is 17.2 Å². The highest BCUT2D eigenvalue weighted by atomic mass is 16.5. The SMILES string of the molecule is COc1cc2c(cc1OC)C(Cc1cccc(O)c1N1CCCC1)OC2=O. The molecule has 4 rings (SSSR count). The second-order valence-corrected chi connectivity index (χ2v) is 6.87. The van der Waals surface area contributed by atoms with Gasteiger partial charge in [-0.15, -0.1) is 0 Å². The molecule has 1 unspecified atom stereocenters. The van der Waals surface area contributed by atoms with Gasteiger partial charge in [-0.3, -0.25) is 0 Å². The van der Waals surface area contributed by atoms with Crippen LogP contribution in [0.1, 0.15) is 40.4 Å². The van der Waals surface area contributed by atoms with Gasteiger partial charge in [0.25, 0.3) is 0 Å². The van der Waals surface area contributed by atoms with Gasteiger partial charge in [0.2, 0.25) is 0 Å². The molecule has 2 aliphatic rings. The summed E-state index contributed by atoms with van der Waals surface area (Å²) in [5.41, 5.74) is 3.10. The van der Waals surface area contributed by atoms with Crippen LogP contribution in [-0.2, 0) is 11.2 Å². The molecule has 0 saturated carbocycles. The third-order valence-corrected chi connectivity index (χ3v) is 5.30. The number of nitrogens with zero attached hydrogens (tertiary/aromatic N) is 1. The molecule has 1 saturated heterocycles. The number of carbonyl (C=O) groups is 1. The molecule has 2 aliphatic heterocycles. The number of carbonyl (C=O) groups excluding carboxylic acids is 1. The molecule has 2 aromatic carbocycles. The predicted molar refractivity (Wildman–Crippen MR) is 101 cm³/mol. The van der Waals surface area contributed by atoms with E-state index in [-0.39, 0.29) is 11.7 Å². The minimum absolute atomic E-state index is 0.270. The number of ether oxygens (including phenoxy) is 3. The van der Waals surface area contributed by atoms with E-state index < -0.39 is 6.10 Å². The average Bonchev–Trinajstić information content (AvgIpc) is 3.29. The van der Waals surface area contributed by atoms with Gasteiger partial charge in [-0.1, -0.05) is 12.1 Å². The molecule has 2 aromatic rings. The zero-order valence-corrected chi connectivity index (χ0v) is 15.5. The van der Waals surface area contributed by atoms with Crippen molar-refractivity contribution in [2.75, 3.05) is 32.2 Å². The average molecular weight is 369 g/mol. The van der Waals surface area contributed by atoms with Crippen LogP contribution in [0.5, 0.6) is 17.2 Å². The number of hydrogen-bond donors (Lipinski definition) is 1. The van der Waals surface area contributed by atoms with Crippen molar-refractivity contribution >= 4 is 11.7 Å². The second-order valence-electron chi connectivity index (χ2n) is 6.87. The summed E-state index contributed by atoms with van der Waals surface area (Å²) in [6.45, 7) is 1.85. The zero-order chi connectivity index (χ0) is 19.0. The molecule has 1 atom stereocenters. The third kappa shape index (κ3) is 3.05. The van der Waals surface area contributed by atoms with Crippen LogP contribution < -0.4 is 14.4 Å². The molecular weight excluding hydrogens is 346 g/mol. The van der Waals surface area contributed by atoms with Crippen LogP contribution in [0.3, 0.4) is 0 Å². The Morgan fingerprint density at radius 3 is 2.56 bits per heavy atom. The topological polar surface area (TPSA) is 68.2 Å². The van der Waals surface area contributed by atoms with Crippen LogP contribution in [-0.4, -0.2) is 38.4 Å². The van der Waals surface area contributed by atoms with E-state index in [4.69, 9.17) is 14.2 Å². The van der Waals surface area contributed by atoms with E-state index in [9.17, 15) is 9.90 Å². The smallest absolute Gasteiger partial charge is 0.339 e. The van der Waals surface area contributed by atoms with Gasteiger partial charge in [0.05, 0.1) is 25.5 Å². The number of phenols is 1. The number of esters is 1. The maximum atomic E-state index is 12.4. The van der Waals surface area contributed by atoms with Gasteiger partial charge < -0.3 is 24.2 Å². The van der Waals surface area contributed by atoms with Gasteiger partial charge in [-0.05, 0) is 36.6 Å². The number of aromatic hydroxyl groups is 1. The summed E-state index contributed by atoms with van der Waals surface area (Å²) in [7, 11) is 3.11. The molecule has 27 heavy (non-hydrogen) atoms. The first-order valence-electron chi connectivity index (χ1n) is 9.15. The lowest BCUT2D eigenvalue weighted by molar-refractivity contribution is 0.0387. The summed E-state index contributed by atoms with van der Waals surface area (Å²) < 4.78 is 16.3. The summed E-state index contributed by atoms with van der Waals surface area (Å²) in [5, 5.41) is 10.4. The fraction of sp³-hybridized carbons (Fsp3) is 0.381. The van der Waals surface area contributed by atoms with Gasteiger partial charge in [0, 0.05) is 25.1 Å². The number of methoxy groups -OCH3 is 2. The number of para-hydroxylation sites is 1. The highest BCUT2D eigenvalue weighted by molar-refractivity contribution is 5.95. The van der Waals surface area contributed by atoms with Crippen LogP contribution in [0.4, 0.5) is 5.69 Å². The molecule has 2 heterocycles. The second kappa shape index (κ2) is 7.02. The molecule has 1 fully saturated rings. The molecule has 6 heteroatoms. The highest BCUT2D eigenvalue weighted by Crippen LogP contribution is 2.42. The fourth-order valence-electron chi connectivity index (χ4n) is 3.99. The van der Waals surface area contributed by atoms with Gasteiger partial charge in [0.15, 0.2) is 11.5 Å². The minimum atomic E-state index is -0.421. The van der Waals surface area contributed by atoms with Crippen LogP contribution >= 0.6 is 0 Å². The molecule has 1 N–H and O–H groups in total. The van der Waals surface area contributed by atoms with E-state index in [0.29, 0.717) is 23.5 Å². The molecule has 0 bridgehead atoms. The zero-order valence-electron chi connectivity index (χ0n) is 15.5. The van der Waals surface area contributed by atoms with Crippen molar-refractivity contribution in [3.05, 3.63) is 47.0 Å². The quantitative estimate of drug-likeness (QED) is 0.814. The first-order chi connectivity index (χ1) is 13.1. The van der Waals surface area contributed by atoms with Crippen LogP contribution in [0.15, 0.2) is 30.3 Å². The molecule has 0 aliphatic carbocycles. The number of anilines is 1. The van der Waals surface area contributed by atoms with Crippen LogP contribution in [0, 0.1) is 0 Å².